The number of hydrogen-bond donors (Lipinski definition) is 1. The molecule has 1 aromatic carbocycles. The average molecular weight is 297 g/mol. The zero-order valence-electron chi connectivity index (χ0n) is 12.0. The molecule has 0 saturated heterocycles. The van der Waals surface area contributed by atoms with Crippen LogP contribution in [0.1, 0.15) is 42.0 Å². The molecule has 1 unspecified atom stereocenters. The molecule has 1 atom stereocenters. The summed E-state index contributed by atoms with van der Waals surface area (Å²) in [6.07, 6.45) is -3.56. The van der Waals surface area contributed by atoms with Crippen LogP contribution in [0.4, 0.5) is 13.2 Å². The van der Waals surface area contributed by atoms with Gasteiger partial charge >= 0.3 is 6.18 Å². The van der Waals surface area contributed by atoms with Gasteiger partial charge in [-0.2, -0.15) is 13.2 Å². The molecule has 2 aromatic rings. The van der Waals surface area contributed by atoms with E-state index in [1.807, 2.05) is 6.92 Å². The van der Waals surface area contributed by atoms with Crippen LogP contribution >= 0.6 is 0 Å². The predicted molar refractivity (Wildman–Crippen MR) is 75.0 cm³/mol. The van der Waals surface area contributed by atoms with E-state index < -0.39 is 17.8 Å². The lowest BCUT2D eigenvalue weighted by Crippen LogP contribution is -2.25. The van der Waals surface area contributed by atoms with Crippen LogP contribution in [-0.2, 0) is 6.18 Å². The van der Waals surface area contributed by atoms with Crippen LogP contribution < -0.4 is 5.32 Å². The average Bonchev–Trinajstić information content (AvgIpc) is 2.85. The number of rotatable bonds is 5. The molecule has 2 rings (SSSR count). The summed E-state index contributed by atoms with van der Waals surface area (Å²) in [4.78, 5) is 0. The van der Waals surface area contributed by atoms with E-state index in [1.54, 1.807) is 25.1 Å². The Kier molecular flexibility index (Phi) is 4.73. The molecule has 0 aliphatic rings. The first-order valence-corrected chi connectivity index (χ1v) is 6.89. The van der Waals surface area contributed by atoms with Gasteiger partial charge in [0.2, 0.25) is 0 Å². The number of nitrogens with one attached hydrogen (secondary N) is 1. The highest BCUT2D eigenvalue weighted by molar-refractivity contribution is 5.36. The summed E-state index contributed by atoms with van der Waals surface area (Å²) in [6.45, 7) is 4.35. The van der Waals surface area contributed by atoms with Gasteiger partial charge in [-0.15, -0.1) is 0 Å². The van der Waals surface area contributed by atoms with Crippen molar-refractivity contribution in [3.05, 3.63) is 59.0 Å². The summed E-state index contributed by atoms with van der Waals surface area (Å²) < 4.78 is 45.1. The Hall–Kier alpha value is -1.75. The zero-order chi connectivity index (χ0) is 15.5. The molecule has 0 aliphatic carbocycles. The summed E-state index contributed by atoms with van der Waals surface area (Å²) >= 11 is 0. The van der Waals surface area contributed by atoms with Crippen molar-refractivity contribution in [2.24, 2.45) is 0 Å². The normalized spacial score (nSPS) is 13.4. The minimum atomic E-state index is -4.38. The van der Waals surface area contributed by atoms with Crippen LogP contribution in [-0.4, -0.2) is 6.54 Å². The van der Waals surface area contributed by atoms with Gasteiger partial charge in [-0.3, -0.25) is 0 Å². The van der Waals surface area contributed by atoms with E-state index in [0.717, 1.165) is 12.5 Å². The van der Waals surface area contributed by atoms with Crippen molar-refractivity contribution in [2.75, 3.05) is 6.54 Å². The number of hydrogen-bond acceptors (Lipinski definition) is 2. The highest BCUT2D eigenvalue weighted by atomic mass is 19.4. The molecule has 1 heterocycles. The third kappa shape index (κ3) is 3.67. The van der Waals surface area contributed by atoms with Gasteiger partial charge in [0.25, 0.3) is 0 Å². The number of halogens is 3. The molecule has 5 heteroatoms. The molecule has 0 amide bonds. The van der Waals surface area contributed by atoms with E-state index in [2.05, 4.69) is 5.32 Å². The summed E-state index contributed by atoms with van der Waals surface area (Å²) in [5.74, 6) is 1.18. The molecule has 0 aliphatic heterocycles. The van der Waals surface area contributed by atoms with Gasteiger partial charge in [0, 0.05) is 0 Å². The van der Waals surface area contributed by atoms with Gasteiger partial charge in [-0.25, -0.2) is 0 Å². The predicted octanol–water partition coefficient (Wildman–Crippen LogP) is 4.70. The fraction of sp³-hybridized carbons (Fsp3) is 0.375. The first-order valence-electron chi connectivity index (χ1n) is 6.89. The standard InChI is InChI=1S/C16H18F3NO/c1-3-10-20-15(14-9-8-11(2)21-14)12-6-4-5-7-13(12)16(17,18)19/h4-9,15,20H,3,10H2,1-2H3. The van der Waals surface area contributed by atoms with Crippen molar-refractivity contribution in [1.82, 2.24) is 5.32 Å². The van der Waals surface area contributed by atoms with E-state index in [4.69, 9.17) is 4.42 Å². The Bertz CT molecular complexity index is 589. The third-order valence-electron chi connectivity index (χ3n) is 3.22. The maximum absolute atomic E-state index is 13.2. The number of benzene rings is 1. The van der Waals surface area contributed by atoms with Gasteiger partial charge in [0.15, 0.2) is 0 Å². The molecular weight excluding hydrogens is 279 g/mol. The zero-order valence-corrected chi connectivity index (χ0v) is 12.0. The van der Waals surface area contributed by atoms with Crippen molar-refractivity contribution in [1.29, 1.82) is 0 Å². The maximum atomic E-state index is 13.2. The summed E-state index contributed by atoms with van der Waals surface area (Å²) in [7, 11) is 0. The summed E-state index contributed by atoms with van der Waals surface area (Å²) in [5.41, 5.74) is -0.444. The molecule has 2 nitrogen and oxygen atoms in total. The Labute approximate surface area is 122 Å². The van der Waals surface area contributed by atoms with E-state index in [1.165, 1.54) is 12.1 Å². The van der Waals surface area contributed by atoms with E-state index in [-0.39, 0.29) is 5.56 Å². The van der Waals surface area contributed by atoms with Crippen molar-refractivity contribution >= 4 is 0 Å². The third-order valence-corrected chi connectivity index (χ3v) is 3.22. The lowest BCUT2D eigenvalue weighted by Gasteiger charge is -2.21. The number of furan rings is 1. The Morgan fingerprint density at radius 3 is 2.43 bits per heavy atom. The van der Waals surface area contributed by atoms with Crippen LogP contribution in [0.2, 0.25) is 0 Å². The molecular formula is C16H18F3NO. The number of aryl methyl sites for hydroxylation is 1. The molecule has 21 heavy (non-hydrogen) atoms. The first-order chi connectivity index (χ1) is 9.93. The lowest BCUT2D eigenvalue weighted by atomic mass is 9.98. The topological polar surface area (TPSA) is 25.2 Å². The maximum Gasteiger partial charge on any atom is 0.416 e. The quantitative estimate of drug-likeness (QED) is 0.865. The molecule has 0 bridgehead atoms. The SMILES string of the molecule is CCCNC(c1ccc(C)o1)c1ccccc1C(F)(F)F. The molecule has 1 N–H and O–H groups in total. The van der Waals surface area contributed by atoms with E-state index in [9.17, 15) is 13.2 Å². The second-order valence-corrected chi connectivity index (χ2v) is 4.92. The second-order valence-electron chi connectivity index (χ2n) is 4.92. The Balaban J connectivity index is 2.46. The largest absolute Gasteiger partial charge is 0.464 e. The van der Waals surface area contributed by atoms with Gasteiger partial charge in [0.1, 0.15) is 11.5 Å². The highest BCUT2D eigenvalue weighted by Gasteiger charge is 2.35. The minimum absolute atomic E-state index is 0.188. The fourth-order valence-corrected chi connectivity index (χ4v) is 2.27. The molecule has 0 fully saturated rings. The van der Waals surface area contributed by atoms with Gasteiger partial charge < -0.3 is 9.73 Å². The fourth-order valence-electron chi connectivity index (χ4n) is 2.27. The van der Waals surface area contributed by atoms with Gasteiger partial charge in [-0.1, -0.05) is 25.1 Å². The molecule has 0 saturated carbocycles. The monoisotopic (exact) mass is 297 g/mol. The van der Waals surface area contributed by atoms with E-state index in [0.29, 0.717) is 18.1 Å². The smallest absolute Gasteiger partial charge is 0.416 e. The Morgan fingerprint density at radius 2 is 1.86 bits per heavy atom. The van der Waals surface area contributed by atoms with Crippen LogP contribution in [0.25, 0.3) is 0 Å². The van der Waals surface area contributed by atoms with E-state index >= 15 is 0 Å². The minimum Gasteiger partial charge on any atom is -0.464 e. The lowest BCUT2D eigenvalue weighted by molar-refractivity contribution is -0.138. The molecule has 0 spiro atoms. The van der Waals surface area contributed by atoms with Crippen molar-refractivity contribution in [3.8, 4) is 0 Å². The van der Waals surface area contributed by atoms with Gasteiger partial charge in [0.05, 0.1) is 11.6 Å². The van der Waals surface area contributed by atoms with Crippen LogP contribution in [0.5, 0.6) is 0 Å². The first kappa shape index (κ1) is 15.6. The highest BCUT2D eigenvalue weighted by Crippen LogP contribution is 2.36. The summed E-state index contributed by atoms with van der Waals surface area (Å²) in [5, 5.41) is 3.13. The second kappa shape index (κ2) is 6.35. The number of alkyl halides is 3. The molecule has 114 valence electrons. The van der Waals surface area contributed by atoms with Crippen molar-refractivity contribution in [3.63, 3.8) is 0 Å². The Morgan fingerprint density at radius 1 is 1.14 bits per heavy atom. The van der Waals surface area contributed by atoms with Crippen LogP contribution in [0, 0.1) is 6.92 Å². The summed E-state index contributed by atoms with van der Waals surface area (Å²) in [6, 6.07) is 8.48. The van der Waals surface area contributed by atoms with Gasteiger partial charge in [-0.05, 0) is 43.7 Å². The van der Waals surface area contributed by atoms with Crippen LogP contribution in [0.3, 0.4) is 0 Å². The molecule has 0 radical (unpaired) electrons. The van der Waals surface area contributed by atoms with Crippen molar-refractivity contribution in [2.45, 2.75) is 32.5 Å². The van der Waals surface area contributed by atoms with Crippen molar-refractivity contribution < 1.29 is 17.6 Å². The molecule has 1 aromatic heterocycles. The van der Waals surface area contributed by atoms with Crippen LogP contribution in [0.15, 0.2) is 40.8 Å².